The summed E-state index contributed by atoms with van der Waals surface area (Å²) in [6, 6.07) is 7.68. The smallest absolute Gasteiger partial charge is 0.234 e. The highest BCUT2D eigenvalue weighted by Crippen LogP contribution is 2.54. The fraction of sp³-hybridized carbons (Fsp3) is 0.438. The van der Waals surface area contributed by atoms with Crippen molar-refractivity contribution >= 4 is 51.8 Å². The van der Waals surface area contributed by atoms with Crippen LogP contribution in [0.15, 0.2) is 24.3 Å². The van der Waals surface area contributed by atoms with Gasteiger partial charge in [-0.1, -0.05) is 12.1 Å². The monoisotopic (exact) mass is 350 g/mol. The molecule has 7 heteroatoms. The second-order valence-electron chi connectivity index (χ2n) is 6.14. The third kappa shape index (κ3) is 2.52. The Balaban J connectivity index is 1.82. The largest absolute Gasteiger partial charge is 0.357 e. The Hall–Kier alpha value is -1.59. The fourth-order valence-corrected chi connectivity index (χ4v) is 3.48. The van der Waals surface area contributed by atoms with Gasteiger partial charge in [0, 0.05) is 20.1 Å². The average Bonchev–Trinajstić information content (AvgIpc) is 3.21. The standard InChI is InChI=1S/C16H16Cl2N4O/c1-21-7-4-8-22(15(23)10-9-16(10,17)18)14-13(21)19-11-5-2-3-6-12(11)20-14/h2-3,5-6,10H,4,7-9H2,1H3. The van der Waals surface area contributed by atoms with Crippen molar-refractivity contribution in [1.29, 1.82) is 0 Å². The van der Waals surface area contributed by atoms with Crippen molar-refractivity contribution in [3.05, 3.63) is 24.3 Å². The van der Waals surface area contributed by atoms with E-state index in [0.29, 0.717) is 18.8 Å². The van der Waals surface area contributed by atoms with E-state index >= 15 is 0 Å². The van der Waals surface area contributed by atoms with Gasteiger partial charge in [0.2, 0.25) is 5.91 Å². The summed E-state index contributed by atoms with van der Waals surface area (Å²) in [6.07, 6.45) is 1.35. The summed E-state index contributed by atoms with van der Waals surface area (Å²) < 4.78 is -0.931. The summed E-state index contributed by atoms with van der Waals surface area (Å²) in [5.74, 6) is 0.918. The van der Waals surface area contributed by atoms with Crippen molar-refractivity contribution in [2.75, 3.05) is 29.9 Å². The molecular weight excluding hydrogens is 335 g/mol. The number of hydrogen-bond donors (Lipinski definition) is 0. The van der Waals surface area contributed by atoms with E-state index in [9.17, 15) is 4.79 Å². The first-order valence-electron chi connectivity index (χ1n) is 7.64. The highest BCUT2D eigenvalue weighted by molar-refractivity contribution is 6.52. The van der Waals surface area contributed by atoms with Gasteiger partial charge in [0.1, 0.15) is 4.33 Å². The van der Waals surface area contributed by atoms with Crippen LogP contribution in [0.3, 0.4) is 0 Å². The maximum absolute atomic E-state index is 12.8. The Morgan fingerprint density at radius 2 is 1.78 bits per heavy atom. The zero-order valence-corrected chi connectivity index (χ0v) is 14.2. The van der Waals surface area contributed by atoms with Crippen LogP contribution in [0.4, 0.5) is 11.6 Å². The molecule has 1 aliphatic heterocycles. The maximum Gasteiger partial charge on any atom is 0.234 e. The molecule has 23 heavy (non-hydrogen) atoms. The van der Waals surface area contributed by atoms with E-state index in [0.717, 1.165) is 29.8 Å². The van der Waals surface area contributed by atoms with E-state index in [2.05, 4.69) is 0 Å². The fourth-order valence-electron chi connectivity index (χ4n) is 2.98. The first-order chi connectivity index (χ1) is 11.0. The van der Waals surface area contributed by atoms with Gasteiger partial charge in [-0.25, -0.2) is 9.97 Å². The summed E-state index contributed by atoms with van der Waals surface area (Å²) in [7, 11) is 1.97. The number of alkyl halides is 2. The molecule has 1 aromatic heterocycles. The van der Waals surface area contributed by atoms with Crippen molar-refractivity contribution in [2.45, 2.75) is 17.2 Å². The van der Waals surface area contributed by atoms with Crippen LogP contribution in [0.5, 0.6) is 0 Å². The van der Waals surface area contributed by atoms with Crippen LogP contribution in [0.2, 0.25) is 0 Å². The van der Waals surface area contributed by atoms with E-state index in [4.69, 9.17) is 33.2 Å². The lowest BCUT2D eigenvalue weighted by molar-refractivity contribution is -0.119. The summed E-state index contributed by atoms with van der Waals surface area (Å²) in [5, 5.41) is 0. The summed E-state index contributed by atoms with van der Waals surface area (Å²) in [5.41, 5.74) is 1.60. The lowest BCUT2D eigenvalue weighted by atomic mass is 10.3. The number of nitrogens with zero attached hydrogens (tertiary/aromatic N) is 4. The second-order valence-corrected chi connectivity index (χ2v) is 7.68. The van der Waals surface area contributed by atoms with Gasteiger partial charge >= 0.3 is 0 Å². The Kier molecular flexibility index (Phi) is 3.39. The highest BCUT2D eigenvalue weighted by atomic mass is 35.5. The molecule has 1 aliphatic carbocycles. The minimum atomic E-state index is -0.931. The number of rotatable bonds is 1. The lowest BCUT2D eigenvalue weighted by Crippen LogP contribution is -2.34. The van der Waals surface area contributed by atoms with E-state index in [-0.39, 0.29) is 11.8 Å². The topological polar surface area (TPSA) is 49.3 Å². The molecule has 2 aliphatic rings. The molecule has 4 rings (SSSR count). The quantitative estimate of drug-likeness (QED) is 0.741. The zero-order valence-electron chi connectivity index (χ0n) is 12.7. The number of benzene rings is 1. The lowest BCUT2D eigenvalue weighted by Gasteiger charge is -2.23. The van der Waals surface area contributed by atoms with Crippen molar-refractivity contribution in [1.82, 2.24) is 9.97 Å². The number of amides is 1. The first-order valence-corrected chi connectivity index (χ1v) is 8.40. The SMILES string of the molecule is CN1CCCN(C(=O)C2CC2(Cl)Cl)c2nc3ccccc3nc21. The zero-order chi connectivity index (χ0) is 16.2. The number of para-hydroxylation sites is 2. The Morgan fingerprint density at radius 1 is 1.17 bits per heavy atom. The molecule has 0 N–H and O–H groups in total. The number of carbonyl (C=O) groups is 1. The van der Waals surface area contributed by atoms with Gasteiger partial charge in [-0.3, -0.25) is 9.69 Å². The molecule has 1 saturated carbocycles. The van der Waals surface area contributed by atoms with Crippen LogP contribution in [0.25, 0.3) is 11.0 Å². The number of aromatic nitrogens is 2. The Labute approximate surface area is 144 Å². The predicted octanol–water partition coefficient (Wildman–Crippen LogP) is 3.00. The number of hydrogen-bond acceptors (Lipinski definition) is 4. The molecule has 0 saturated heterocycles. The second kappa shape index (κ2) is 5.21. The van der Waals surface area contributed by atoms with E-state index in [1.807, 2.05) is 36.2 Å². The van der Waals surface area contributed by atoms with Gasteiger partial charge in [0.05, 0.1) is 17.0 Å². The van der Waals surface area contributed by atoms with Crippen LogP contribution < -0.4 is 9.80 Å². The van der Waals surface area contributed by atoms with E-state index in [1.165, 1.54) is 0 Å². The predicted molar refractivity (Wildman–Crippen MR) is 92.3 cm³/mol. The molecule has 1 unspecified atom stereocenters. The van der Waals surface area contributed by atoms with Gasteiger partial charge in [0.25, 0.3) is 0 Å². The molecule has 1 atom stereocenters. The molecule has 0 spiro atoms. The van der Waals surface area contributed by atoms with Gasteiger partial charge in [-0.05, 0) is 25.0 Å². The van der Waals surface area contributed by atoms with E-state index in [1.54, 1.807) is 4.90 Å². The highest BCUT2D eigenvalue weighted by Gasteiger charge is 2.58. The molecule has 1 fully saturated rings. The molecule has 2 heterocycles. The summed E-state index contributed by atoms with van der Waals surface area (Å²) >= 11 is 12.2. The van der Waals surface area contributed by atoms with E-state index < -0.39 is 4.33 Å². The molecule has 1 aromatic carbocycles. The molecular formula is C16H16Cl2N4O. The van der Waals surface area contributed by atoms with Crippen molar-refractivity contribution in [2.24, 2.45) is 5.92 Å². The molecule has 120 valence electrons. The van der Waals surface area contributed by atoms with Crippen molar-refractivity contribution < 1.29 is 4.79 Å². The van der Waals surface area contributed by atoms with Gasteiger partial charge in [-0.15, -0.1) is 23.2 Å². The summed E-state index contributed by atoms with van der Waals surface area (Å²) in [6.45, 7) is 1.42. The molecule has 1 amide bonds. The number of fused-ring (bicyclic) bond motifs is 2. The molecule has 2 aromatic rings. The van der Waals surface area contributed by atoms with Crippen LogP contribution in [-0.4, -0.2) is 40.3 Å². The van der Waals surface area contributed by atoms with Gasteiger partial charge < -0.3 is 4.90 Å². The van der Waals surface area contributed by atoms with Gasteiger partial charge in [-0.2, -0.15) is 0 Å². The summed E-state index contributed by atoms with van der Waals surface area (Å²) in [4.78, 5) is 26.0. The normalized spacial score (nSPS) is 22.7. The van der Waals surface area contributed by atoms with Crippen molar-refractivity contribution in [3.63, 3.8) is 0 Å². The van der Waals surface area contributed by atoms with Crippen LogP contribution in [-0.2, 0) is 4.79 Å². The number of halogens is 2. The molecule has 0 bridgehead atoms. The van der Waals surface area contributed by atoms with Crippen LogP contribution >= 0.6 is 23.2 Å². The maximum atomic E-state index is 12.8. The van der Waals surface area contributed by atoms with Crippen LogP contribution in [0, 0.1) is 5.92 Å². The minimum absolute atomic E-state index is 0.0591. The van der Waals surface area contributed by atoms with Gasteiger partial charge in [0.15, 0.2) is 11.6 Å². The first kappa shape index (κ1) is 15.0. The third-order valence-corrected chi connectivity index (χ3v) is 5.25. The third-order valence-electron chi connectivity index (χ3n) is 4.42. The number of carbonyl (C=O) groups excluding carboxylic acids is 1. The average molecular weight is 351 g/mol. The van der Waals surface area contributed by atoms with Crippen molar-refractivity contribution in [3.8, 4) is 0 Å². The Bertz CT molecular complexity index is 795. The number of anilines is 2. The molecule has 5 nitrogen and oxygen atoms in total. The molecule has 0 radical (unpaired) electrons. The minimum Gasteiger partial charge on any atom is -0.357 e. The van der Waals surface area contributed by atoms with Crippen LogP contribution in [0.1, 0.15) is 12.8 Å². The Morgan fingerprint density at radius 3 is 2.39 bits per heavy atom.